The van der Waals surface area contributed by atoms with Gasteiger partial charge < -0.3 is 9.47 Å². The average Bonchev–Trinajstić information content (AvgIpc) is 3.48. The Hall–Kier alpha value is -3.48. The maximum Gasteiger partial charge on any atom is 0.257 e. The molecule has 0 unspecified atom stereocenters. The van der Waals surface area contributed by atoms with E-state index in [9.17, 15) is 9.18 Å². The maximum absolute atomic E-state index is 14.1. The van der Waals surface area contributed by atoms with Gasteiger partial charge in [-0.3, -0.25) is 9.89 Å². The number of rotatable bonds is 4. The molecule has 5 rings (SSSR count). The fourth-order valence-electron chi connectivity index (χ4n) is 4.42. The molecular formula is C23H22FN5O. The first-order valence-electron chi connectivity index (χ1n) is 10.1. The number of amides is 1. The minimum atomic E-state index is -0.466. The molecule has 4 heterocycles. The Balaban J connectivity index is 1.33. The van der Waals surface area contributed by atoms with Crippen molar-refractivity contribution in [1.82, 2.24) is 24.6 Å². The fourth-order valence-corrected chi connectivity index (χ4v) is 4.42. The van der Waals surface area contributed by atoms with Crippen molar-refractivity contribution in [2.45, 2.75) is 25.9 Å². The molecule has 1 saturated heterocycles. The summed E-state index contributed by atoms with van der Waals surface area (Å²) in [5.41, 5.74) is 3.09. The summed E-state index contributed by atoms with van der Waals surface area (Å²) in [4.78, 5) is 19.3. The SMILES string of the molecule is C[C@H]1C[C@H](Cn2ccc3cc(-c4cn[nH]c4)cnc32)CN1C(=O)c1ccccc1F. The number of halogens is 1. The lowest BCUT2D eigenvalue weighted by Gasteiger charge is -2.21. The van der Waals surface area contributed by atoms with E-state index in [4.69, 9.17) is 0 Å². The summed E-state index contributed by atoms with van der Waals surface area (Å²) < 4.78 is 16.2. The molecule has 1 fully saturated rings. The first-order chi connectivity index (χ1) is 14.6. The van der Waals surface area contributed by atoms with Crippen LogP contribution in [0, 0.1) is 11.7 Å². The van der Waals surface area contributed by atoms with Crippen LogP contribution in [0.25, 0.3) is 22.2 Å². The summed E-state index contributed by atoms with van der Waals surface area (Å²) in [6.07, 6.45) is 8.41. The third kappa shape index (κ3) is 3.26. The minimum Gasteiger partial charge on any atom is -0.335 e. The van der Waals surface area contributed by atoms with E-state index in [1.165, 1.54) is 6.07 Å². The van der Waals surface area contributed by atoms with E-state index in [1.807, 2.05) is 25.5 Å². The van der Waals surface area contributed by atoms with Crippen molar-refractivity contribution in [2.24, 2.45) is 5.92 Å². The van der Waals surface area contributed by atoms with Gasteiger partial charge in [-0.05, 0) is 43.5 Å². The quantitative estimate of drug-likeness (QED) is 0.557. The van der Waals surface area contributed by atoms with Crippen molar-refractivity contribution >= 4 is 16.9 Å². The molecule has 2 atom stereocenters. The average molecular weight is 403 g/mol. The Morgan fingerprint density at radius 1 is 1.23 bits per heavy atom. The van der Waals surface area contributed by atoms with Gasteiger partial charge in [0.1, 0.15) is 11.5 Å². The molecule has 1 N–H and O–H groups in total. The van der Waals surface area contributed by atoms with Crippen molar-refractivity contribution in [2.75, 3.05) is 6.54 Å². The third-order valence-corrected chi connectivity index (χ3v) is 5.91. The number of fused-ring (bicyclic) bond motifs is 1. The summed E-state index contributed by atoms with van der Waals surface area (Å²) in [7, 11) is 0. The van der Waals surface area contributed by atoms with Gasteiger partial charge in [0, 0.05) is 54.2 Å². The van der Waals surface area contributed by atoms with Crippen LogP contribution in [0.3, 0.4) is 0 Å². The maximum atomic E-state index is 14.1. The molecule has 0 aliphatic carbocycles. The highest BCUT2D eigenvalue weighted by atomic mass is 19.1. The molecule has 1 aliphatic heterocycles. The van der Waals surface area contributed by atoms with Crippen LogP contribution in [0.15, 0.2) is 61.2 Å². The molecular weight excluding hydrogens is 381 g/mol. The van der Waals surface area contributed by atoms with Gasteiger partial charge in [-0.25, -0.2) is 9.37 Å². The van der Waals surface area contributed by atoms with E-state index in [0.29, 0.717) is 12.5 Å². The lowest BCUT2D eigenvalue weighted by molar-refractivity contribution is 0.0737. The predicted molar refractivity (Wildman–Crippen MR) is 112 cm³/mol. The van der Waals surface area contributed by atoms with Gasteiger partial charge in [-0.2, -0.15) is 5.10 Å². The first-order valence-corrected chi connectivity index (χ1v) is 10.1. The van der Waals surface area contributed by atoms with E-state index in [2.05, 4.69) is 31.9 Å². The van der Waals surface area contributed by atoms with Crippen molar-refractivity contribution in [3.63, 3.8) is 0 Å². The van der Waals surface area contributed by atoms with Crippen LogP contribution in [-0.4, -0.2) is 43.1 Å². The van der Waals surface area contributed by atoms with E-state index >= 15 is 0 Å². The van der Waals surface area contributed by atoms with E-state index in [1.54, 1.807) is 29.3 Å². The normalized spacial score (nSPS) is 18.9. The number of aromatic nitrogens is 4. The van der Waals surface area contributed by atoms with Crippen molar-refractivity contribution in [3.05, 3.63) is 72.6 Å². The lowest BCUT2D eigenvalue weighted by Crippen LogP contribution is -2.34. The second-order valence-electron chi connectivity index (χ2n) is 7.98. The molecule has 1 aliphatic rings. The van der Waals surface area contributed by atoms with Crippen LogP contribution in [0.5, 0.6) is 0 Å². The second-order valence-corrected chi connectivity index (χ2v) is 7.98. The van der Waals surface area contributed by atoms with E-state index in [0.717, 1.165) is 35.1 Å². The fraction of sp³-hybridized carbons (Fsp3) is 0.261. The number of aromatic amines is 1. The molecule has 0 spiro atoms. The van der Waals surface area contributed by atoms with Gasteiger partial charge in [0.25, 0.3) is 5.91 Å². The number of nitrogens with zero attached hydrogens (tertiary/aromatic N) is 4. The number of pyridine rings is 1. The van der Waals surface area contributed by atoms with Crippen LogP contribution in [0.4, 0.5) is 4.39 Å². The Morgan fingerprint density at radius 2 is 2.10 bits per heavy atom. The zero-order chi connectivity index (χ0) is 20.7. The minimum absolute atomic E-state index is 0.0737. The zero-order valence-corrected chi connectivity index (χ0v) is 16.6. The summed E-state index contributed by atoms with van der Waals surface area (Å²) in [5, 5.41) is 7.89. The smallest absolute Gasteiger partial charge is 0.257 e. The van der Waals surface area contributed by atoms with Crippen LogP contribution >= 0.6 is 0 Å². The number of carbonyl (C=O) groups excluding carboxylic acids is 1. The van der Waals surface area contributed by atoms with Gasteiger partial charge in [0.15, 0.2) is 0 Å². The summed E-state index contributed by atoms with van der Waals surface area (Å²) in [6.45, 7) is 3.41. The molecule has 6 nitrogen and oxygen atoms in total. The summed E-state index contributed by atoms with van der Waals surface area (Å²) in [6, 6.07) is 10.4. The first kappa shape index (κ1) is 18.5. The molecule has 0 bridgehead atoms. The molecule has 7 heteroatoms. The number of hydrogen-bond donors (Lipinski definition) is 1. The topological polar surface area (TPSA) is 66.8 Å². The second kappa shape index (κ2) is 7.40. The van der Waals surface area contributed by atoms with E-state index in [-0.39, 0.29) is 17.5 Å². The molecule has 30 heavy (non-hydrogen) atoms. The van der Waals surface area contributed by atoms with Crippen LogP contribution in [-0.2, 0) is 6.54 Å². The van der Waals surface area contributed by atoms with E-state index < -0.39 is 5.82 Å². The van der Waals surface area contributed by atoms with Crippen molar-refractivity contribution in [3.8, 4) is 11.1 Å². The Morgan fingerprint density at radius 3 is 2.90 bits per heavy atom. The van der Waals surface area contributed by atoms with Gasteiger partial charge >= 0.3 is 0 Å². The molecule has 0 radical (unpaired) electrons. The molecule has 1 amide bonds. The molecule has 3 aromatic heterocycles. The third-order valence-electron chi connectivity index (χ3n) is 5.91. The van der Waals surface area contributed by atoms with Gasteiger partial charge in [-0.1, -0.05) is 12.1 Å². The number of hydrogen-bond acceptors (Lipinski definition) is 3. The number of H-pyrrole nitrogens is 1. The summed E-state index contributed by atoms with van der Waals surface area (Å²) in [5.74, 6) is -0.405. The predicted octanol–water partition coefficient (Wildman–Crippen LogP) is 4.12. The highest BCUT2D eigenvalue weighted by molar-refractivity contribution is 5.94. The zero-order valence-electron chi connectivity index (χ0n) is 16.6. The van der Waals surface area contributed by atoms with Crippen LogP contribution < -0.4 is 0 Å². The van der Waals surface area contributed by atoms with Crippen molar-refractivity contribution in [1.29, 1.82) is 0 Å². The Bertz CT molecular complexity index is 1200. The number of likely N-dealkylation sites (tertiary alicyclic amines) is 1. The van der Waals surface area contributed by atoms with Crippen molar-refractivity contribution < 1.29 is 9.18 Å². The highest BCUT2D eigenvalue weighted by Gasteiger charge is 2.34. The molecule has 152 valence electrons. The van der Waals surface area contributed by atoms with Crippen LogP contribution in [0.2, 0.25) is 0 Å². The number of carbonyl (C=O) groups is 1. The van der Waals surface area contributed by atoms with Gasteiger partial charge in [0.05, 0.1) is 11.8 Å². The van der Waals surface area contributed by atoms with Gasteiger partial charge in [-0.15, -0.1) is 0 Å². The largest absolute Gasteiger partial charge is 0.335 e. The Kier molecular flexibility index (Phi) is 4.58. The molecule has 1 aromatic carbocycles. The molecule has 4 aromatic rings. The molecule has 0 saturated carbocycles. The summed E-state index contributed by atoms with van der Waals surface area (Å²) >= 11 is 0. The highest BCUT2D eigenvalue weighted by Crippen LogP contribution is 2.29. The monoisotopic (exact) mass is 403 g/mol. The number of benzene rings is 1. The standard InChI is InChI=1S/C23H22FN5O/c1-15-8-16(14-29(15)23(30)20-4-2-3-5-21(20)24)13-28-7-6-17-9-18(10-25-22(17)28)19-11-26-27-12-19/h2-7,9-12,15-16H,8,13-14H2,1H3,(H,26,27)/t15-,16+/m0/s1. The lowest BCUT2D eigenvalue weighted by atomic mass is 10.1. The van der Waals surface area contributed by atoms with Gasteiger partial charge in [0.2, 0.25) is 0 Å². The van der Waals surface area contributed by atoms with Crippen LogP contribution in [0.1, 0.15) is 23.7 Å². The Labute approximate surface area is 173 Å². The number of nitrogens with one attached hydrogen (secondary N) is 1.